The average Bonchev–Trinajstić information content (AvgIpc) is 3.78. The quantitative estimate of drug-likeness (QED) is 0.173. The molecule has 2 fully saturated rings. The molecule has 0 spiro atoms. The van der Waals surface area contributed by atoms with Crippen LogP contribution in [0.25, 0.3) is 11.2 Å². The van der Waals surface area contributed by atoms with Crippen molar-refractivity contribution in [2.24, 2.45) is 11.8 Å². The first-order chi connectivity index (χ1) is 22.9. The van der Waals surface area contributed by atoms with Crippen LogP contribution >= 0.6 is 0 Å². The Morgan fingerprint density at radius 1 is 0.851 bits per heavy atom. The number of rotatable bonds is 12. The maximum Gasteiger partial charge on any atom is 0.247 e. The van der Waals surface area contributed by atoms with Crippen molar-refractivity contribution in [3.05, 3.63) is 114 Å². The summed E-state index contributed by atoms with van der Waals surface area (Å²) in [6, 6.07) is 30.3. The molecule has 10 heteroatoms. The second kappa shape index (κ2) is 13.8. The van der Waals surface area contributed by atoms with Crippen LogP contribution in [0, 0.1) is 11.8 Å². The molecule has 0 amide bonds. The number of aromatic nitrogens is 4. The van der Waals surface area contributed by atoms with Crippen molar-refractivity contribution in [2.75, 3.05) is 18.9 Å². The van der Waals surface area contributed by atoms with Gasteiger partial charge in [0.25, 0.3) is 0 Å². The lowest BCUT2D eigenvalue weighted by atomic mass is 9.88. The molecule has 244 valence electrons. The molecule has 1 saturated carbocycles. The van der Waals surface area contributed by atoms with Gasteiger partial charge in [-0.1, -0.05) is 91.0 Å². The van der Waals surface area contributed by atoms with E-state index in [1.807, 2.05) is 86.9 Å². The number of nitrogen functional groups attached to an aromatic ring is 1. The summed E-state index contributed by atoms with van der Waals surface area (Å²) >= 11 is 0. The van der Waals surface area contributed by atoms with Crippen LogP contribution in [0.3, 0.4) is 0 Å². The predicted molar refractivity (Wildman–Crippen MR) is 177 cm³/mol. The van der Waals surface area contributed by atoms with Crippen LogP contribution < -0.4 is 10.5 Å². The van der Waals surface area contributed by atoms with E-state index in [2.05, 4.69) is 38.8 Å². The Kier molecular flexibility index (Phi) is 9.17. The van der Waals surface area contributed by atoms with Crippen molar-refractivity contribution in [1.29, 1.82) is 0 Å². The third-order valence-corrected chi connectivity index (χ3v) is 9.06. The molecule has 3 aromatic carbocycles. The Balaban J connectivity index is 1.22. The van der Waals surface area contributed by atoms with Gasteiger partial charge in [-0.15, -0.1) is 0 Å². The van der Waals surface area contributed by atoms with E-state index in [1.54, 1.807) is 0 Å². The van der Waals surface area contributed by atoms with E-state index < -0.39 is 5.79 Å². The van der Waals surface area contributed by atoms with E-state index in [1.165, 1.54) is 0 Å². The smallest absolute Gasteiger partial charge is 0.247 e. The van der Waals surface area contributed by atoms with Gasteiger partial charge in [0.1, 0.15) is 6.61 Å². The van der Waals surface area contributed by atoms with Gasteiger partial charge >= 0.3 is 0 Å². The first-order valence-corrected chi connectivity index (χ1v) is 16.2. The highest BCUT2D eigenvalue weighted by Crippen LogP contribution is 2.48. The van der Waals surface area contributed by atoms with Crippen molar-refractivity contribution in [3.63, 3.8) is 0 Å². The van der Waals surface area contributed by atoms with E-state index in [-0.39, 0.29) is 36.0 Å². The maximum atomic E-state index is 6.73. The number of hydrogen-bond acceptors (Lipinski definition) is 9. The molecule has 2 aromatic heterocycles. The molecule has 0 radical (unpaired) electrons. The number of hydrogen-bond donors (Lipinski definition) is 1. The van der Waals surface area contributed by atoms with Crippen LogP contribution in [-0.4, -0.2) is 50.7 Å². The molecule has 0 bridgehead atoms. The van der Waals surface area contributed by atoms with E-state index in [4.69, 9.17) is 34.4 Å². The van der Waals surface area contributed by atoms with Gasteiger partial charge in [0.2, 0.25) is 11.8 Å². The average molecular weight is 636 g/mol. The normalized spacial score (nSPS) is 23.7. The minimum Gasteiger partial charge on any atom is -0.471 e. The van der Waals surface area contributed by atoms with E-state index in [9.17, 15) is 0 Å². The summed E-state index contributed by atoms with van der Waals surface area (Å²) in [5.41, 5.74) is 10.7. The van der Waals surface area contributed by atoms with Gasteiger partial charge in [-0.05, 0) is 37.0 Å². The molecule has 47 heavy (non-hydrogen) atoms. The summed E-state index contributed by atoms with van der Waals surface area (Å²) in [5.74, 6) is -0.254. The third-order valence-electron chi connectivity index (χ3n) is 9.06. The minimum absolute atomic E-state index is 0.000333. The Hall–Kier alpha value is -4.35. The van der Waals surface area contributed by atoms with Gasteiger partial charge < -0.3 is 34.0 Å². The molecule has 3 heterocycles. The fourth-order valence-electron chi connectivity index (χ4n) is 6.88. The Morgan fingerprint density at radius 2 is 1.49 bits per heavy atom. The van der Waals surface area contributed by atoms with Crippen LogP contribution in [-0.2, 0) is 38.8 Å². The van der Waals surface area contributed by atoms with Crippen LogP contribution in [0.15, 0.2) is 97.3 Å². The lowest BCUT2D eigenvalue weighted by Gasteiger charge is -2.31. The highest BCUT2D eigenvalue weighted by Gasteiger charge is 2.52. The zero-order valence-electron chi connectivity index (χ0n) is 26.8. The fourth-order valence-corrected chi connectivity index (χ4v) is 6.88. The molecular formula is C37H41N5O5. The Labute approximate surface area is 274 Å². The molecule has 7 rings (SSSR count). The van der Waals surface area contributed by atoms with Crippen LogP contribution in [0.1, 0.15) is 43.0 Å². The zero-order chi connectivity index (χ0) is 32.2. The van der Waals surface area contributed by atoms with E-state index in [0.29, 0.717) is 56.5 Å². The molecule has 1 aliphatic heterocycles. The Bertz CT molecular complexity index is 1750. The molecular weight excluding hydrogens is 594 g/mol. The summed E-state index contributed by atoms with van der Waals surface area (Å²) in [5, 5.41) is 0. The molecule has 2 N–H and O–H groups in total. The highest BCUT2D eigenvalue weighted by atomic mass is 16.7. The van der Waals surface area contributed by atoms with E-state index >= 15 is 0 Å². The number of imidazole rings is 1. The Morgan fingerprint density at radius 3 is 2.13 bits per heavy atom. The van der Waals surface area contributed by atoms with Crippen molar-refractivity contribution in [2.45, 2.75) is 64.1 Å². The van der Waals surface area contributed by atoms with Crippen molar-refractivity contribution in [1.82, 2.24) is 19.5 Å². The third kappa shape index (κ3) is 7.16. The summed E-state index contributed by atoms with van der Waals surface area (Å²) in [6.07, 6.45) is 2.19. The lowest BCUT2D eigenvalue weighted by Crippen LogP contribution is -2.37. The standard InChI is InChI=1S/C37H41N5O5/c1-37(2)46-23-31(47-37)32-28(22-43-19-25-12-6-3-7-13-25)30(44-20-26-14-8-4-9-15-26)18-29(32)42-24-39-33-34(42)40-36(38)41-35(33)45-21-27-16-10-5-11-17-27/h3-17,24,28-32H,18-23H2,1-2H3,(H2,38,40,41)/t28-,29+,30+,31?,32+/m1/s1. The number of fused-ring (bicyclic) bond motifs is 1. The van der Waals surface area contributed by atoms with Crippen molar-refractivity contribution >= 4 is 17.1 Å². The maximum absolute atomic E-state index is 6.73. The number of ether oxygens (including phenoxy) is 5. The van der Waals surface area contributed by atoms with Gasteiger partial charge in [0.15, 0.2) is 17.0 Å². The minimum atomic E-state index is -0.699. The highest BCUT2D eigenvalue weighted by molar-refractivity contribution is 5.77. The molecule has 5 atom stereocenters. The zero-order valence-corrected chi connectivity index (χ0v) is 26.8. The largest absolute Gasteiger partial charge is 0.471 e. The SMILES string of the molecule is CC1(C)OCC([C@H]2[C@H](COCc3ccccc3)[C@@H](OCc3ccccc3)C[C@@H]2n2cnc3c(OCc4ccccc4)nc(N)nc32)O1. The number of anilines is 1. The topological polar surface area (TPSA) is 116 Å². The fraction of sp³-hybridized carbons (Fsp3) is 0.378. The number of benzene rings is 3. The van der Waals surface area contributed by atoms with Gasteiger partial charge in [-0.2, -0.15) is 9.97 Å². The molecule has 1 unspecified atom stereocenters. The molecule has 1 saturated heterocycles. The van der Waals surface area contributed by atoms with Crippen LogP contribution in [0.2, 0.25) is 0 Å². The number of nitrogens with zero attached hydrogens (tertiary/aromatic N) is 4. The summed E-state index contributed by atoms with van der Waals surface area (Å²) in [4.78, 5) is 13.9. The van der Waals surface area contributed by atoms with Gasteiger partial charge in [-0.3, -0.25) is 0 Å². The second-order valence-corrected chi connectivity index (χ2v) is 12.7. The first-order valence-electron chi connectivity index (χ1n) is 16.2. The van der Waals surface area contributed by atoms with Crippen LogP contribution in [0.5, 0.6) is 5.88 Å². The van der Waals surface area contributed by atoms with Crippen molar-refractivity contribution < 1.29 is 23.7 Å². The predicted octanol–water partition coefficient (Wildman–Crippen LogP) is 6.12. The van der Waals surface area contributed by atoms with Gasteiger partial charge in [-0.25, -0.2) is 4.98 Å². The molecule has 2 aliphatic rings. The molecule has 1 aliphatic carbocycles. The molecule has 5 aromatic rings. The van der Waals surface area contributed by atoms with Crippen LogP contribution in [0.4, 0.5) is 5.95 Å². The summed E-state index contributed by atoms with van der Waals surface area (Å²) < 4.78 is 34.1. The second-order valence-electron chi connectivity index (χ2n) is 12.7. The summed E-state index contributed by atoms with van der Waals surface area (Å²) in [6.45, 7) is 6.20. The number of nitrogens with two attached hydrogens (primary N) is 1. The molecule has 10 nitrogen and oxygen atoms in total. The van der Waals surface area contributed by atoms with E-state index in [0.717, 1.165) is 16.7 Å². The lowest BCUT2D eigenvalue weighted by molar-refractivity contribution is -0.151. The monoisotopic (exact) mass is 635 g/mol. The van der Waals surface area contributed by atoms with Crippen molar-refractivity contribution in [3.8, 4) is 5.88 Å². The summed E-state index contributed by atoms with van der Waals surface area (Å²) in [7, 11) is 0. The first kappa shape index (κ1) is 31.3. The van der Waals surface area contributed by atoms with Gasteiger partial charge in [0, 0.05) is 17.9 Å². The van der Waals surface area contributed by atoms with Gasteiger partial charge in [0.05, 0.1) is 45.0 Å².